The molecule has 0 radical (unpaired) electrons. The van der Waals surface area contributed by atoms with Crippen molar-refractivity contribution < 1.29 is 9.53 Å². The van der Waals surface area contributed by atoms with Crippen molar-refractivity contribution >= 4 is 16.9 Å². The van der Waals surface area contributed by atoms with E-state index in [4.69, 9.17) is 4.74 Å². The van der Waals surface area contributed by atoms with Crippen LogP contribution in [0, 0.1) is 20.8 Å². The standard InChI is InChI=1S/C23H27N3O3/c1-14-6-8-19-21(16(14)3)24-23(28)26(19)18-9-11-25(12-10-18)22(27)17-7-5-15(2)20(13-17)29-4/h5-8,13,18H,9-12H2,1-4H3,(H,24,28). The van der Waals surface area contributed by atoms with Crippen LogP contribution in [0.25, 0.3) is 11.0 Å². The molecule has 4 rings (SSSR count). The molecular formula is C23H27N3O3. The summed E-state index contributed by atoms with van der Waals surface area (Å²) < 4.78 is 7.22. The summed E-state index contributed by atoms with van der Waals surface area (Å²) in [4.78, 5) is 30.5. The summed E-state index contributed by atoms with van der Waals surface area (Å²) in [6.07, 6.45) is 1.52. The summed E-state index contributed by atoms with van der Waals surface area (Å²) in [5.41, 5.74) is 5.72. The summed E-state index contributed by atoms with van der Waals surface area (Å²) in [5.74, 6) is 0.737. The van der Waals surface area contributed by atoms with Crippen LogP contribution < -0.4 is 10.4 Å². The fourth-order valence-corrected chi connectivity index (χ4v) is 4.26. The Morgan fingerprint density at radius 3 is 2.45 bits per heavy atom. The molecule has 0 atom stereocenters. The Morgan fingerprint density at radius 2 is 1.76 bits per heavy atom. The van der Waals surface area contributed by atoms with E-state index in [0.29, 0.717) is 18.7 Å². The van der Waals surface area contributed by atoms with E-state index in [1.807, 2.05) is 41.5 Å². The number of nitrogens with zero attached hydrogens (tertiary/aromatic N) is 2. The molecule has 0 aliphatic carbocycles. The molecule has 0 unspecified atom stereocenters. The lowest BCUT2D eigenvalue weighted by molar-refractivity contribution is 0.0694. The Morgan fingerprint density at radius 1 is 1.07 bits per heavy atom. The number of methoxy groups -OCH3 is 1. The molecule has 0 spiro atoms. The molecule has 0 bridgehead atoms. The number of nitrogens with one attached hydrogen (secondary N) is 1. The number of fused-ring (bicyclic) bond motifs is 1. The molecule has 6 heteroatoms. The first kappa shape index (κ1) is 19.3. The largest absolute Gasteiger partial charge is 0.496 e. The number of carbonyl (C=O) groups is 1. The van der Waals surface area contributed by atoms with Gasteiger partial charge in [-0.05, 0) is 68.5 Å². The number of benzene rings is 2. The number of aromatic amines is 1. The lowest BCUT2D eigenvalue weighted by Crippen LogP contribution is -2.40. The second-order valence-electron chi connectivity index (χ2n) is 7.91. The van der Waals surface area contributed by atoms with Gasteiger partial charge in [-0.2, -0.15) is 0 Å². The molecule has 1 aliphatic rings. The number of imidazole rings is 1. The third-order valence-corrected chi connectivity index (χ3v) is 6.20. The summed E-state index contributed by atoms with van der Waals surface area (Å²) in [7, 11) is 1.62. The van der Waals surface area contributed by atoms with E-state index in [9.17, 15) is 9.59 Å². The predicted molar refractivity (Wildman–Crippen MR) is 114 cm³/mol. The number of piperidine rings is 1. The smallest absolute Gasteiger partial charge is 0.326 e. The Balaban J connectivity index is 1.54. The van der Waals surface area contributed by atoms with Crippen LogP contribution in [0.2, 0.25) is 0 Å². The SMILES string of the molecule is COc1cc(C(=O)N2CCC(n3c(=O)[nH]c4c(C)c(C)ccc43)CC2)ccc1C. The Bertz CT molecular complexity index is 1130. The first-order valence-corrected chi connectivity index (χ1v) is 10.0. The van der Waals surface area contributed by atoms with Crippen LogP contribution in [0.3, 0.4) is 0 Å². The summed E-state index contributed by atoms with van der Waals surface area (Å²) in [6, 6.07) is 9.74. The van der Waals surface area contributed by atoms with Gasteiger partial charge in [-0.1, -0.05) is 12.1 Å². The van der Waals surface area contributed by atoms with Crippen LogP contribution in [-0.2, 0) is 0 Å². The highest BCUT2D eigenvalue weighted by Gasteiger charge is 2.27. The van der Waals surface area contributed by atoms with Crippen molar-refractivity contribution in [3.05, 3.63) is 63.1 Å². The third kappa shape index (κ3) is 3.33. The molecule has 1 N–H and O–H groups in total. The van der Waals surface area contributed by atoms with E-state index in [2.05, 4.69) is 18.0 Å². The highest BCUT2D eigenvalue weighted by Crippen LogP contribution is 2.28. The first-order chi connectivity index (χ1) is 13.9. The van der Waals surface area contributed by atoms with E-state index in [0.717, 1.165) is 40.8 Å². The summed E-state index contributed by atoms with van der Waals surface area (Å²) >= 11 is 0. The number of carbonyl (C=O) groups excluding carboxylic acids is 1. The summed E-state index contributed by atoms with van der Waals surface area (Å²) in [6.45, 7) is 7.30. The minimum Gasteiger partial charge on any atom is -0.496 e. The van der Waals surface area contributed by atoms with Gasteiger partial charge in [0.1, 0.15) is 5.75 Å². The number of amides is 1. The molecule has 1 saturated heterocycles. The van der Waals surface area contributed by atoms with E-state index in [-0.39, 0.29) is 17.6 Å². The Labute approximate surface area is 170 Å². The quantitative estimate of drug-likeness (QED) is 0.737. The molecule has 152 valence electrons. The van der Waals surface area contributed by atoms with Gasteiger partial charge in [-0.15, -0.1) is 0 Å². The predicted octanol–water partition coefficient (Wildman–Crippen LogP) is 3.74. The monoisotopic (exact) mass is 393 g/mol. The molecule has 29 heavy (non-hydrogen) atoms. The molecule has 3 aromatic rings. The maximum atomic E-state index is 12.9. The minimum absolute atomic E-state index is 0.0134. The molecule has 6 nitrogen and oxygen atoms in total. The van der Waals surface area contributed by atoms with Gasteiger partial charge in [-0.25, -0.2) is 4.79 Å². The normalized spacial score (nSPS) is 15.1. The number of hydrogen-bond donors (Lipinski definition) is 1. The van der Waals surface area contributed by atoms with Gasteiger partial charge in [-0.3, -0.25) is 9.36 Å². The van der Waals surface area contributed by atoms with Crippen molar-refractivity contribution in [2.75, 3.05) is 20.2 Å². The molecular weight excluding hydrogens is 366 g/mol. The molecule has 0 saturated carbocycles. The van der Waals surface area contributed by atoms with Crippen molar-refractivity contribution in [2.24, 2.45) is 0 Å². The van der Waals surface area contributed by atoms with Crippen molar-refractivity contribution in [1.29, 1.82) is 0 Å². The van der Waals surface area contributed by atoms with Crippen molar-refractivity contribution in [3.63, 3.8) is 0 Å². The van der Waals surface area contributed by atoms with Gasteiger partial charge in [0.25, 0.3) is 5.91 Å². The van der Waals surface area contributed by atoms with Crippen LogP contribution >= 0.6 is 0 Å². The van der Waals surface area contributed by atoms with Crippen molar-refractivity contribution in [1.82, 2.24) is 14.5 Å². The number of H-pyrrole nitrogens is 1. The average Bonchev–Trinajstić information content (AvgIpc) is 3.07. The fraction of sp³-hybridized carbons (Fsp3) is 0.391. The Hall–Kier alpha value is -3.02. The molecule has 1 amide bonds. The van der Waals surface area contributed by atoms with E-state index in [1.165, 1.54) is 5.56 Å². The number of rotatable bonds is 3. The maximum Gasteiger partial charge on any atom is 0.326 e. The van der Waals surface area contributed by atoms with Gasteiger partial charge in [0.2, 0.25) is 0 Å². The number of aryl methyl sites for hydroxylation is 3. The fourth-order valence-electron chi connectivity index (χ4n) is 4.26. The molecule has 1 aliphatic heterocycles. The molecule has 2 heterocycles. The molecule has 1 fully saturated rings. The minimum atomic E-state index is -0.0678. The summed E-state index contributed by atoms with van der Waals surface area (Å²) in [5, 5.41) is 0. The second kappa shape index (κ2) is 7.43. The number of ether oxygens (including phenoxy) is 1. The van der Waals surface area contributed by atoms with Crippen LogP contribution in [0.4, 0.5) is 0 Å². The zero-order valence-corrected chi connectivity index (χ0v) is 17.4. The van der Waals surface area contributed by atoms with Gasteiger partial charge >= 0.3 is 5.69 Å². The van der Waals surface area contributed by atoms with Crippen LogP contribution in [0.5, 0.6) is 5.75 Å². The number of likely N-dealkylation sites (tertiary alicyclic amines) is 1. The van der Waals surface area contributed by atoms with Crippen molar-refractivity contribution in [2.45, 2.75) is 39.7 Å². The van der Waals surface area contributed by atoms with E-state index < -0.39 is 0 Å². The molecule has 2 aromatic carbocycles. The number of aromatic nitrogens is 2. The molecule has 1 aromatic heterocycles. The van der Waals surface area contributed by atoms with Gasteiger partial charge < -0.3 is 14.6 Å². The number of hydrogen-bond acceptors (Lipinski definition) is 3. The lowest BCUT2D eigenvalue weighted by atomic mass is 10.0. The average molecular weight is 393 g/mol. The van der Waals surface area contributed by atoms with E-state index >= 15 is 0 Å². The topological polar surface area (TPSA) is 67.3 Å². The van der Waals surface area contributed by atoms with Crippen molar-refractivity contribution in [3.8, 4) is 5.75 Å². The van der Waals surface area contributed by atoms with Gasteiger partial charge in [0, 0.05) is 24.7 Å². The van der Waals surface area contributed by atoms with E-state index in [1.54, 1.807) is 13.2 Å². The van der Waals surface area contributed by atoms with Crippen LogP contribution in [0.1, 0.15) is 45.9 Å². The zero-order chi connectivity index (χ0) is 20.7. The first-order valence-electron chi connectivity index (χ1n) is 10.0. The van der Waals surface area contributed by atoms with Gasteiger partial charge in [0.05, 0.1) is 18.1 Å². The maximum absolute atomic E-state index is 12.9. The third-order valence-electron chi connectivity index (χ3n) is 6.20. The van der Waals surface area contributed by atoms with Crippen LogP contribution in [0.15, 0.2) is 35.1 Å². The highest BCUT2D eigenvalue weighted by molar-refractivity contribution is 5.94. The lowest BCUT2D eigenvalue weighted by Gasteiger charge is -2.32. The Kier molecular flexibility index (Phi) is 4.94. The van der Waals surface area contributed by atoms with Gasteiger partial charge in [0.15, 0.2) is 0 Å². The zero-order valence-electron chi connectivity index (χ0n) is 17.4. The van der Waals surface area contributed by atoms with Crippen LogP contribution in [-0.4, -0.2) is 40.6 Å². The second-order valence-corrected chi connectivity index (χ2v) is 7.91. The highest BCUT2D eigenvalue weighted by atomic mass is 16.5.